The van der Waals surface area contributed by atoms with E-state index in [4.69, 9.17) is 16.3 Å². The first-order chi connectivity index (χ1) is 15.4. The quantitative estimate of drug-likeness (QED) is 0.238. The van der Waals surface area contributed by atoms with E-state index in [9.17, 15) is 9.59 Å². The number of aryl methyl sites for hydroxylation is 1. The number of hydrogen-bond acceptors (Lipinski definition) is 4. The number of rotatable bonds is 8. The summed E-state index contributed by atoms with van der Waals surface area (Å²) in [5.74, 6) is -0.252. The van der Waals surface area contributed by atoms with Crippen LogP contribution >= 0.6 is 27.5 Å². The zero-order chi connectivity index (χ0) is 22.9. The molecular formula is C24H21BrClN3O3. The first-order valence-corrected chi connectivity index (χ1v) is 10.9. The Hall–Kier alpha value is -3.16. The largest absolute Gasteiger partial charge is 0.489 e. The molecule has 3 rings (SSSR count). The Balaban J connectivity index is 1.42. The first-order valence-electron chi connectivity index (χ1n) is 9.74. The molecule has 0 radical (unpaired) electrons. The van der Waals surface area contributed by atoms with E-state index in [2.05, 4.69) is 31.8 Å². The van der Waals surface area contributed by atoms with Crippen molar-refractivity contribution < 1.29 is 14.3 Å². The summed E-state index contributed by atoms with van der Waals surface area (Å²) in [6.45, 7) is 2.33. The summed E-state index contributed by atoms with van der Waals surface area (Å²) in [7, 11) is 0. The van der Waals surface area contributed by atoms with E-state index in [1.54, 1.807) is 18.2 Å². The van der Waals surface area contributed by atoms with Crippen LogP contribution in [0.3, 0.4) is 0 Å². The van der Waals surface area contributed by atoms with Crippen molar-refractivity contribution in [1.82, 2.24) is 5.43 Å². The fraction of sp³-hybridized carbons (Fsp3) is 0.125. The van der Waals surface area contributed by atoms with Crippen LogP contribution in [0.25, 0.3) is 0 Å². The molecule has 0 spiro atoms. The second-order valence-electron chi connectivity index (χ2n) is 6.97. The van der Waals surface area contributed by atoms with Gasteiger partial charge in [-0.25, -0.2) is 5.43 Å². The number of halogens is 2. The number of benzene rings is 3. The lowest BCUT2D eigenvalue weighted by atomic mass is 10.2. The molecule has 0 aromatic heterocycles. The lowest BCUT2D eigenvalue weighted by Crippen LogP contribution is -2.24. The summed E-state index contributed by atoms with van der Waals surface area (Å²) in [5.41, 5.74) is 5.62. The Labute approximate surface area is 199 Å². The molecule has 0 saturated carbocycles. The SMILES string of the molecule is Cc1ccc(NC(=O)CC(=O)NN=Cc2ccc(OCc3ccc(Br)cc3)cc2)cc1Cl. The number of ether oxygens (including phenoxy) is 1. The minimum atomic E-state index is -0.522. The van der Waals surface area contributed by atoms with Gasteiger partial charge in [-0.05, 0) is 72.1 Å². The zero-order valence-electron chi connectivity index (χ0n) is 17.3. The van der Waals surface area contributed by atoms with Crippen molar-refractivity contribution in [3.63, 3.8) is 0 Å². The first kappa shape index (κ1) is 23.5. The maximum Gasteiger partial charge on any atom is 0.249 e. The molecule has 6 nitrogen and oxygen atoms in total. The van der Waals surface area contributed by atoms with Gasteiger partial charge in [-0.15, -0.1) is 0 Å². The van der Waals surface area contributed by atoms with E-state index >= 15 is 0 Å². The summed E-state index contributed by atoms with van der Waals surface area (Å²) >= 11 is 9.44. The third-order valence-corrected chi connectivity index (χ3v) is 5.31. The molecule has 0 aliphatic carbocycles. The molecule has 0 unspecified atom stereocenters. The van der Waals surface area contributed by atoms with E-state index in [0.717, 1.165) is 26.9 Å². The van der Waals surface area contributed by atoms with Crippen LogP contribution in [0.2, 0.25) is 5.02 Å². The Bertz CT molecular complexity index is 1120. The maximum atomic E-state index is 12.0. The van der Waals surface area contributed by atoms with Gasteiger partial charge in [0.25, 0.3) is 0 Å². The van der Waals surface area contributed by atoms with Gasteiger partial charge in [0.1, 0.15) is 18.8 Å². The average molecular weight is 515 g/mol. The average Bonchev–Trinajstić information content (AvgIpc) is 2.77. The Morgan fingerprint density at radius 1 is 1.03 bits per heavy atom. The molecule has 0 fully saturated rings. The maximum absolute atomic E-state index is 12.0. The number of carbonyl (C=O) groups is 2. The molecule has 8 heteroatoms. The van der Waals surface area contributed by atoms with Gasteiger partial charge in [-0.2, -0.15) is 5.10 Å². The highest BCUT2D eigenvalue weighted by Crippen LogP contribution is 2.20. The lowest BCUT2D eigenvalue weighted by Gasteiger charge is -2.07. The van der Waals surface area contributed by atoms with Crippen molar-refractivity contribution in [1.29, 1.82) is 0 Å². The molecular weight excluding hydrogens is 494 g/mol. The number of nitrogens with one attached hydrogen (secondary N) is 2. The van der Waals surface area contributed by atoms with Crippen LogP contribution in [0.1, 0.15) is 23.1 Å². The molecule has 2 N–H and O–H groups in total. The third-order valence-electron chi connectivity index (χ3n) is 4.38. The van der Waals surface area contributed by atoms with Crippen molar-refractivity contribution in [2.24, 2.45) is 5.10 Å². The van der Waals surface area contributed by atoms with Crippen LogP contribution in [0, 0.1) is 6.92 Å². The summed E-state index contributed by atoms with van der Waals surface area (Å²) in [6, 6.07) is 20.3. The van der Waals surface area contributed by atoms with Crippen LogP contribution < -0.4 is 15.5 Å². The van der Waals surface area contributed by atoms with Gasteiger partial charge >= 0.3 is 0 Å². The van der Waals surface area contributed by atoms with Crippen molar-refractivity contribution in [3.05, 3.63) is 92.9 Å². The number of amides is 2. The summed E-state index contributed by atoms with van der Waals surface area (Å²) in [4.78, 5) is 23.9. The Morgan fingerprint density at radius 2 is 1.75 bits per heavy atom. The van der Waals surface area contributed by atoms with E-state index in [1.807, 2.05) is 55.5 Å². The van der Waals surface area contributed by atoms with Crippen LogP contribution in [-0.4, -0.2) is 18.0 Å². The smallest absolute Gasteiger partial charge is 0.249 e. The van der Waals surface area contributed by atoms with Gasteiger partial charge in [0.15, 0.2) is 0 Å². The molecule has 0 atom stereocenters. The third kappa shape index (κ3) is 7.51. The van der Waals surface area contributed by atoms with Crippen molar-refractivity contribution in [2.45, 2.75) is 20.0 Å². The highest BCUT2D eigenvalue weighted by Gasteiger charge is 2.09. The fourth-order valence-electron chi connectivity index (χ4n) is 2.64. The van der Waals surface area contributed by atoms with Gasteiger partial charge in [-0.1, -0.05) is 45.7 Å². The highest BCUT2D eigenvalue weighted by atomic mass is 79.9. The minimum Gasteiger partial charge on any atom is -0.489 e. The summed E-state index contributed by atoms with van der Waals surface area (Å²) < 4.78 is 6.78. The Kier molecular flexibility index (Phi) is 8.41. The molecule has 2 amide bonds. The normalized spacial score (nSPS) is 10.7. The number of carbonyl (C=O) groups excluding carboxylic acids is 2. The molecule has 0 heterocycles. The van der Waals surface area contributed by atoms with E-state index in [0.29, 0.717) is 17.3 Å². The van der Waals surface area contributed by atoms with Crippen molar-refractivity contribution in [3.8, 4) is 5.75 Å². The van der Waals surface area contributed by atoms with Gasteiger partial charge in [0, 0.05) is 15.2 Å². The fourth-order valence-corrected chi connectivity index (χ4v) is 3.08. The van der Waals surface area contributed by atoms with Crippen LogP contribution in [0.15, 0.2) is 76.3 Å². The topological polar surface area (TPSA) is 79.8 Å². The monoisotopic (exact) mass is 513 g/mol. The molecule has 3 aromatic rings. The second kappa shape index (κ2) is 11.5. The molecule has 0 bridgehead atoms. The molecule has 0 aliphatic heterocycles. The lowest BCUT2D eigenvalue weighted by molar-refractivity contribution is -0.126. The summed E-state index contributed by atoms with van der Waals surface area (Å²) in [5, 5.41) is 7.06. The molecule has 3 aromatic carbocycles. The standard InChI is InChI=1S/C24H21BrClN3O3/c1-16-2-9-20(12-22(16)26)28-23(30)13-24(31)29-27-14-17-5-10-21(11-6-17)32-15-18-3-7-19(25)8-4-18/h2-12,14H,13,15H2,1H3,(H,28,30)(H,29,31). The predicted molar refractivity (Wildman–Crippen MR) is 130 cm³/mol. The van der Waals surface area contributed by atoms with Crippen molar-refractivity contribution in [2.75, 3.05) is 5.32 Å². The van der Waals surface area contributed by atoms with E-state index < -0.39 is 11.8 Å². The number of hydrazone groups is 1. The highest BCUT2D eigenvalue weighted by molar-refractivity contribution is 9.10. The van der Waals surface area contributed by atoms with Gasteiger partial charge < -0.3 is 10.1 Å². The number of anilines is 1. The molecule has 0 aliphatic rings. The second-order valence-corrected chi connectivity index (χ2v) is 8.29. The van der Waals surface area contributed by atoms with Crippen LogP contribution in [0.4, 0.5) is 5.69 Å². The van der Waals surface area contributed by atoms with Gasteiger partial charge in [0.2, 0.25) is 11.8 Å². The summed E-state index contributed by atoms with van der Waals surface area (Å²) in [6.07, 6.45) is 1.14. The molecule has 32 heavy (non-hydrogen) atoms. The minimum absolute atomic E-state index is 0.355. The van der Waals surface area contributed by atoms with E-state index in [1.165, 1.54) is 6.21 Å². The van der Waals surface area contributed by atoms with Gasteiger partial charge in [0.05, 0.1) is 6.21 Å². The van der Waals surface area contributed by atoms with Crippen LogP contribution in [0.5, 0.6) is 5.75 Å². The number of hydrogen-bond donors (Lipinski definition) is 2. The molecule has 164 valence electrons. The predicted octanol–water partition coefficient (Wildman–Crippen LogP) is 5.47. The Morgan fingerprint density at radius 3 is 2.44 bits per heavy atom. The zero-order valence-corrected chi connectivity index (χ0v) is 19.6. The van der Waals surface area contributed by atoms with Crippen LogP contribution in [-0.2, 0) is 16.2 Å². The molecule has 0 saturated heterocycles. The number of nitrogens with zero attached hydrogens (tertiary/aromatic N) is 1. The van der Waals surface area contributed by atoms with E-state index in [-0.39, 0.29) is 6.42 Å². The van der Waals surface area contributed by atoms with Crippen molar-refractivity contribution >= 4 is 51.2 Å². The van der Waals surface area contributed by atoms with Gasteiger partial charge in [-0.3, -0.25) is 9.59 Å².